The number of hydrogen-bond acceptors (Lipinski definition) is 7. The molecule has 186 valence electrons. The first kappa shape index (κ1) is 23.3. The van der Waals surface area contributed by atoms with Crippen LogP contribution in [0.25, 0.3) is 28.1 Å². The van der Waals surface area contributed by atoms with Gasteiger partial charge in [0.25, 0.3) is 5.56 Å². The summed E-state index contributed by atoms with van der Waals surface area (Å²) in [5.74, 6) is 0.613. The van der Waals surface area contributed by atoms with Crippen LogP contribution in [0.15, 0.2) is 76.8 Å². The molecule has 3 N–H and O–H groups in total. The number of benzene rings is 2. The van der Waals surface area contributed by atoms with E-state index < -0.39 is 10.0 Å². The van der Waals surface area contributed by atoms with Gasteiger partial charge in [-0.2, -0.15) is 4.68 Å². The van der Waals surface area contributed by atoms with Gasteiger partial charge in [0.05, 0.1) is 28.5 Å². The minimum atomic E-state index is -3.84. The monoisotopic (exact) mass is 534 g/mol. The SMILES string of the molecule is NS(=O)(=O)c1cccc(-c2cnc([C@@H]3CCc4cc(-c5cc(Cl)ccc5-n5cnnn5)cc(=O)n43)[nH]2)c1. The molecule has 37 heavy (non-hydrogen) atoms. The highest BCUT2D eigenvalue weighted by Gasteiger charge is 2.28. The zero-order valence-electron chi connectivity index (χ0n) is 19.1. The number of nitrogens with two attached hydrogens (primary N) is 1. The summed E-state index contributed by atoms with van der Waals surface area (Å²) in [7, 11) is -3.84. The van der Waals surface area contributed by atoms with Crippen LogP contribution in [0.4, 0.5) is 0 Å². The first-order valence-corrected chi connectivity index (χ1v) is 13.2. The summed E-state index contributed by atoms with van der Waals surface area (Å²) in [4.78, 5) is 21.1. The Morgan fingerprint density at radius 3 is 2.73 bits per heavy atom. The lowest BCUT2D eigenvalue weighted by molar-refractivity contribution is 0.572. The molecule has 0 amide bonds. The predicted molar refractivity (Wildman–Crippen MR) is 136 cm³/mol. The van der Waals surface area contributed by atoms with E-state index in [0.29, 0.717) is 46.2 Å². The second-order valence-electron chi connectivity index (χ2n) is 8.67. The highest BCUT2D eigenvalue weighted by molar-refractivity contribution is 7.89. The number of H-pyrrole nitrogens is 1. The van der Waals surface area contributed by atoms with Crippen LogP contribution in [0.5, 0.6) is 0 Å². The van der Waals surface area contributed by atoms with Crippen LogP contribution in [-0.2, 0) is 16.4 Å². The van der Waals surface area contributed by atoms with E-state index in [0.717, 1.165) is 11.3 Å². The molecule has 1 aliphatic heterocycles. The summed E-state index contributed by atoms with van der Waals surface area (Å²) in [6.07, 6.45) is 4.46. The van der Waals surface area contributed by atoms with Crippen molar-refractivity contribution in [1.29, 1.82) is 0 Å². The Morgan fingerprint density at radius 1 is 1.08 bits per heavy atom. The maximum absolute atomic E-state index is 13.4. The smallest absolute Gasteiger partial charge is 0.252 e. The van der Waals surface area contributed by atoms with Crippen LogP contribution >= 0.6 is 11.6 Å². The second kappa shape index (κ2) is 8.76. The highest BCUT2D eigenvalue weighted by atomic mass is 35.5. The second-order valence-corrected chi connectivity index (χ2v) is 10.7. The largest absolute Gasteiger partial charge is 0.340 e. The van der Waals surface area contributed by atoms with Gasteiger partial charge in [-0.1, -0.05) is 23.7 Å². The minimum absolute atomic E-state index is 0.0122. The summed E-state index contributed by atoms with van der Waals surface area (Å²) >= 11 is 6.28. The number of nitrogens with zero attached hydrogens (tertiary/aromatic N) is 6. The number of rotatable bonds is 5. The Bertz CT molecular complexity index is 1810. The third kappa shape index (κ3) is 4.24. The third-order valence-corrected chi connectivity index (χ3v) is 7.53. The number of tetrazole rings is 1. The van der Waals surface area contributed by atoms with Gasteiger partial charge in [-0.25, -0.2) is 18.5 Å². The van der Waals surface area contributed by atoms with Gasteiger partial charge in [0, 0.05) is 27.9 Å². The fourth-order valence-corrected chi connectivity index (χ4v) is 5.45. The Labute approximate surface area is 215 Å². The molecule has 1 aliphatic rings. The number of aromatic amines is 1. The Balaban J connectivity index is 1.37. The molecule has 0 bridgehead atoms. The van der Waals surface area contributed by atoms with E-state index in [4.69, 9.17) is 16.7 Å². The fourth-order valence-electron chi connectivity index (χ4n) is 4.71. The number of halogens is 1. The average Bonchev–Trinajstić information content (AvgIpc) is 3.64. The summed E-state index contributed by atoms with van der Waals surface area (Å²) in [5.41, 5.74) is 4.09. The molecule has 0 fully saturated rings. The molecule has 0 radical (unpaired) electrons. The van der Waals surface area contributed by atoms with E-state index in [-0.39, 0.29) is 16.5 Å². The average molecular weight is 535 g/mol. The fraction of sp³-hybridized carbons (Fsp3) is 0.125. The summed E-state index contributed by atoms with van der Waals surface area (Å²) in [6.45, 7) is 0. The Morgan fingerprint density at radius 2 is 1.95 bits per heavy atom. The van der Waals surface area contributed by atoms with Crippen molar-refractivity contribution in [3.8, 4) is 28.1 Å². The highest BCUT2D eigenvalue weighted by Crippen LogP contribution is 2.34. The van der Waals surface area contributed by atoms with Crippen molar-refractivity contribution in [2.75, 3.05) is 0 Å². The number of hydrogen-bond donors (Lipinski definition) is 2. The number of imidazole rings is 1. The molecule has 11 nitrogen and oxygen atoms in total. The van der Waals surface area contributed by atoms with Crippen molar-refractivity contribution in [1.82, 2.24) is 34.7 Å². The zero-order valence-corrected chi connectivity index (χ0v) is 20.7. The van der Waals surface area contributed by atoms with Crippen molar-refractivity contribution < 1.29 is 8.42 Å². The molecule has 0 saturated heterocycles. The number of aryl methyl sites for hydroxylation is 1. The van der Waals surface area contributed by atoms with Crippen molar-refractivity contribution >= 4 is 21.6 Å². The van der Waals surface area contributed by atoms with Gasteiger partial charge in [-0.05, 0) is 65.2 Å². The summed E-state index contributed by atoms with van der Waals surface area (Å²) < 4.78 is 26.7. The quantitative estimate of drug-likeness (QED) is 0.351. The van der Waals surface area contributed by atoms with Gasteiger partial charge in [-0.3, -0.25) is 4.79 Å². The first-order chi connectivity index (χ1) is 17.8. The molecule has 2 aromatic carbocycles. The van der Waals surface area contributed by atoms with E-state index in [1.165, 1.54) is 23.1 Å². The van der Waals surface area contributed by atoms with E-state index in [1.54, 1.807) is 47.2 Å². The van der Waals surface area contributed by atoms with E-state index >= 15 is 0 Å². The molecular weight excluding hydrogens is 516 g/mol. The predicted octanol–water partition coefficient (Wildman–Crippen LogP) is 2.72. The lowest BCUT2D eigenvalue weighted by Gasteiger charge is -2.15. The third-order valence-electron chi connectivity index (χ3n) is 6.38. The molecule has 0 saturated carbocycles. The van der Waals surface area contributed by atoms with Crippen LogP contribution in [-0.4, -0.2) is 43.2 Å². The van der Waals surface area contributed by atoms with Gasteiger partial charge in [0.2, 0.25) is 10.0 Å². The maximum atomic E-state index is 13.4. The molecule has 13 heteroatoms. The molecule has 5 aromatic rings. The zero-order chi connectivity index (χ0) is 25.7. The molecule has 0 unspecified atom stereocenters. The van der Waals surface area contributed by atoms with E-state index in [9.17, 15) is 13.2 Å². The lowest BCUT2D eigenvalue weighted by Crippen LogP contribution is -2.23. The molecule has 1 atom stereocenters. The molecule has 0 aliphatic carbocycles. The number of pyridine rings is 1. The molecule has 0 spiro atoms. The van der Waals surface area contributed by atoms with Crippen LogP contribution in [0, 0.1) is 0 Å². The van der Waals surface area contributed by atoms with Gasteiger partial charge in [0.1, 0.15) is 12.2 Å². The first-order valence-electron chi connectivity index (χ1n) is 11.2. The minimum Gasteiger partial charge on any atom is -0.340 e. The van der Waals surface area contributed by atoms with Gasteiger partial charge < -0.3 is 9.55 Å². The summed E-state index contributed by atoms with van der Waals surface area (Å²) in [6, 6.07) is 14.9. The van der Waals surface area contributed by atoms with Crippen molar-refractivity contribution in [2.24, 2.45) is 5.14 Å². The number of aromatic nitrogens is 7. The van der Waals surface area contributed by atoms with Crippen LogP contribution in [0.2, 0.25) is 5.02 Å². The van der Waals surface area contributed by atoms with Crippen LogP contribution < -0.4 is 10.7 Å². The number of nitrogens with one attached hydrogen (secondary N) is 1. The number of primary sulfonamides is 1. The van der Waals surface area contributed by atoms with Gasteiger partial charge in [0.15, 0.2) is 0 Å². The van der Waals surface area contributed by atoms with E-state index in [1.807, 2.05) is 6.07 Å². The lowest BCUT2D eigenvalue weighted by atomic mass is 10.0. The van der Waals surface area contributed by atoms with Crippen LogP contribution in [0.3, 0.4) is 0 Å². The number of sulfonamides is 1. The van der Waals surface area contributed by atoms with Crippen LogP contribution in [0.1, 0.15) is 24.0 Å². The number of fused-ring (bicyclic) bond motifs is 1. The van der Waals surface area contributed by atoms with Crippen molar-refractivity contribution in [2.45, 2.75) is 23.8 Å². The molecular formula is C24H19ClN8O3S. The van der Waals surface area contributed by atoms with E-state index in [2.05, 4.69) is 25.5 Å². The topological polar surface area (TPSA) is 154 Å². The van der Waals surface area contributed by atoms with Gasteiger partial charge >= 0.3 is 0 Å². The Kier molecular flexibility index (Phi) is 5.51. The summed E-state index contributed by atoms with van der Waals surface area (Å²) in [5, 5.41) is 17.2. The normalized spacial score (nSPS) is 15.1. The van der Waals surface area contributed by atoms with Crippen molar-refractivity contribution in [3.05, 3.63) is 94.0 Å². The molecule has 4 heterocycles. The maximum Gasteiger partial charge on any atom is 0.252 e. The van der Waals surface area contributed by atoms with Gasteiger partial charge in [-0.15, -0.1) is 5.10 Å². The molecule has 6 rings (SSSR count). The standard InChI is InChI=1S/C24H19ClN8O3S/c25-16-4-6-21(32-13-28-30-31-32)19(11-16)15-8-17-5-7-22(33(17)23(34)10-15)24-27-12-20(29-24)14-2-1-3-18(9-14)37(26,35)36/h1-4,6,8-13,22H,5,7H2,(H,27,29)(H2,26,35,36)/t22-/m0/s1. The molecule has 3 aromatic heterocycles. The Hall–Kier alpha value is -4.13. The van der Waals surface area contributed by atoms with Crippen molar-refractivity contribution in [3.63, 3.8) is 0 Å².